The molecule has 0 bridgehead atoms. The van der Waals surface area contributed by atoms with E-state index in [2.05, 4.69) is 41.7 Å². The maximum Gasteiger partial charge on any atom is 2.00 e. The van der Waals surface area contributed by atoms with E-state index in [1.54, 1.807) is 14.1 Å². The van der Waals surface area contributed by atoms with Crippen LogP contribution in [0.1, 0.15) is 37.1 Å². The molecule has 2 aliphatic rings. The Bertz CT molecular complexity index is 758. The molecule has 29 heavy (non-hydrogen) atoms. The minimum Gasteiger partial charge on any atom is -0.652 e. The zero-order valence-electron chi connectivity index (χ0n) is 16.3. The number of piperidine rings is 1. The van der Waals surface area contributed by atoms with Gasteiger partial charge in [0.05, 0.1) is 5.70 Å². The molecular formula is C16H28CuN8O4+2. The third-order valence-electron chi connectivity index (χ3n) is 3.82. The van der Waals surface area contributed by atoms with Crippen molar-refractivity contribution in [1.82, 2.24) is 25.7 Å². The van der Waals surface area contributed by atoms with Crippen molar-refractivity contribution in [3.8, 4) is 0 Å². The van der Waals surface area contributed by atoms with Crippen LogP contribution in [0.15, 0.2) is 27.1 Å². The first-order valence-corrected chi connectivity index (χ1v) is 8.52. The van der Waals surface area contributed by atoms with Gasteiger partial charge >= 0.3 is 23.1 Å². The number of hydrogen-bond donors (Lipinski definition) is 2. The molecule has 2 aromatic heterocycles. The molecule has 0 aromatic carbocycles. The molecule has 12 nitrogen and oxygen atoms in total. The molecule has 1 saturated heterocycles. The van der Waals surface area contributed by atoms with Crippen molar-refractivity contribution >= 4 is 17.7 Å². The minimum atomic E-state index is 0. The zero-order valence-corrected chi connectivity index (χ0v) is 17.2. The van der Waals surface area contributed by atoms with Gasteiger partial charge in [0.2, 0.25) is 11.8 Å². The molecule has 2 aromatic rings. The number of allylic oxidation sites excluding steroid dienone is 2. The van der Waals surface area contributed by atoms with Crippen molar-refractivity contribution < 1.29 is 36.9 Å². The van der Waals surface area contributed by atoms with Gasteiger partial charge in [0.1, 0.15) is 6.01 Å². The van der Waals surface area contributed by atoms with E-state index in [-0.39, 0.29) is 34.1 Å². The Labute approximate surface area is 179 Å². The van der Waals surface area contributed by atoms with Gasteiger partial charge in [-0.2, -0.15) is 0 Å². The molecule has 165 valence electrons. The van der Waals surface area contributed by atoms with E-state index in [1.807, 2.05) is 18.2 Å². The number of nitrogens with zero attached hydrogens (tertiary/aromatic N) is 6. The second-order valence-electron chi connectivity index (χ2n) is 5.62. The van der Waals surface area contributed by atoms with E-state index in [4.69, 9.17) is 8.83 Å². The smallest absolute Gasteiger partial charge is 0.652 e. The van der Waals surface area contributed by atoms with Crippen LogP contribution in [0.3, 0.4) is 0 Å². The van der Waals surface area contributed by atoms with E-state index in [9.17, 15) is 0 Å². The molecule has 0 spiro atoms. The molecule has 13 heteroatoms. The molecule has 1 unspecified atom stereocenters. The first-order valence-electron chi connectivity index (χ1n) is 8.52. The summed E-state index contributed by atoms with van der Waals surface area (Å²) in [5.41, 5.74) is 0.838. The van der Waals surface area contributed by atoms with Gasteiger partial charge in [-0.1, -0.05) is 49.6 Å². The van der Waals surface area contributed by atoms with Crippen LogP contribution in [0, 0.1) is 0 Å². The Morgan fingerprint density at radius 3 is 2.55 bits per heavy atom. The van der Waals surface area contributed by atoms with Gasteiger partial charge in [-0.25, -0.2) is 5.10 Å². The predicted octanol–water partition coefficient (Wildman–Crippen LogP) is 1.07. The Kier molecular flexibility index (Phi) is 12.5. The van der Waals surface area contributed by atoms with Gasteiger partial charge in [0, 0.05) is 13.6 Å². The van der Waals surface area contributed by atoms with Crippen LogP contribution in [-0.4, -0.2) is 47.6 Å². The fourth-order valence-electron chi connectivity index (χ4n) is 2.48. The van der Waals surface area contributed by atoms with Gasteiger partial charge in [0.25, 0.3) is 0 Å². The molecule has 1 radical (unpaired) electrons. The topological polar surface area (TPSA) is 196 Å². The second kappa shape index (κ2) is 13.7. The monoisotopic (exact) mass is 459 g/mol. The molecule has 2 aliphatic heterocycles. The average molecular weight is 460 g/mol. The summed E-state index contributed by atoms with van der Waals surface area (Å²) >= 11 is 0. The minimum absolute atomic E-state index is 0. The van der Waals surface area contributed by atoms with Gasteiger partial charge in [-0.3, -0.25) is 0 Å². The Hall–Kier alpha value is -2.44. The van der Waals surface area contributed by atoms with Crippen LogP contribution < -0.4 is 10.6 Å². The van der Waals surface area contributed by atoms with E-state index in [0.29, 0.717) is 23.8 Å². The standard InChI is InChI=1S/C8H13N4O.C8H9N4O.Cu.2H2O/c2*1-9-8-12-11-7(13-8)6-4-2-3-5-10-6;;;/h6H,2-5H2,1H3,(H,9,12);2-4,10H,5H2,1H3;;2*1H2/q2*-1;+2;;/p+2. The van der Waals surface area contributed by atoms with E-state index in [0.717, 1.165) is 25.2 Å². The van der Waals surface area contributed by atoms with Crippen molar-refractivity contribution in [2.24, 2.45) is 0 Å². The third-order valence-corrected chi connectivity index (χ3v) is 3.82. The summed E-state index contributed by atoms with van der Waals surface area (Å²) in [5, 5.41) is 29.4. The van der Waals surface area contributed by atoms with Crippen LogP contribution in [0.4, 0.5) is 12.0 Å². The third kappa shape index (κ3) is 7.48. The molecule has 0 aliphatic carbocycles. The van der Waals surface area contributed by atoms with Crippen LogP contribution in [0.25, 0.3) is 16.3 Å². The molecule has 4 heterocycles. The van der Waals surface area contributed by atoms with Crippen molar-refractivity contribution in [2.75, 3.05) is 32.5 Å². The van der Waals surface area contributed by atoms with E-state index in [1.165, 1.54) is 12.8 Å². The maximum atomic E-state index is 5.35. The number of hydrogen-bond acceptors (Lipinski definition) is 8. The van der Waals surface area contributed by atoms with Crippen LogP contribution >= 0.6 is 0 Å². The molecule has 0 saturated carbocycles. The molecule has 1 fully saturated rings. The second-order valence-corrected chi connectivity index (χ2v) is 5.62. The summed E-state index contributed by atoms with van der Waals surface area (Å²) in [6, 6.07) is 0.895. The normalized spacial score (nSPS) is 17.0. The summed E-state index contributed by atoms with van der Waals surface area (Å²) < 4.78 is 10.6. The van der Waals surface area contributed by atoms with E-state index < -0.39 is 0 Å². The molecule has 8 N–H and O–H groups in total. The van der Waals surface area contributed by atoms with Crippen molar-refractivity contribution in [3.05, 3.63) is 40.6 Å². The van der Waals surface area contributed by atoms with Crippen molar-refractivity contribution in [1.29, 1.82) is 0 Å². The van der Waals surface area contributed by atoms with Crippen LogP contribution in [-0.2, 0) is 28.0 Å². The summed E-state index contributed by atoms with van der Waals surface area (Å²) in [4.78, 5) is 0. The molecule has 0 amide bonds. The van der Waals surface area contributed by atoms with E-state index >= 15 is 0 Å². The first kappa shape index (κ1) is 26.6. The number of nitrogens with one attached hydrogen (secondary N) is 2. The summed E-state index contributed by atoms with van der Waals surface area (Å²) in [7, 11) is 3.37. The largest absolute Gasteiger partial charge is 2.00 e. The zero-order chi connectivity index (χ0) is 18.2. The fourth-order valence-corrected chi connectivity index (χ4v) is 2.48. The number of anilines is 1. The predicted molar refractivity (Wildman–Crippen MR) is 107 cm³/mol. The van der Waals surface area contributed by atoms with Crippen molar-refractivity contribution in [3.63, 3.8) is 0 Å². The SMILES string of the molecule is CNc1nnc(C2CCCC[N-]2)o1.C[N-]c1nnc(C2=CC=CCN2)o1.[Cu+2].[OH3+].[OH3+]. The summed E-state index contributed by atoms with van der Waals surface area (Å²) in [6.07, 6.45) is 9.25. The number of dihydropyridines is 1. The van der Waals surface area contributed by atoms with Gasteiger partial charge in [-0.05, 0) is 6.08 Å². The average Bonchev–Trinajstić information content (AvgIpc) is 3.39. The molecule has 1 atom stereocenters. The number of rotatable bonds is 4. The van der Waals surface area contributed by atoms with Gasteiger partial charge in [0.15, 0.2) is 0 Å². The van der Waals surface area contributed by atoms with Gasteiger partial charge in [-0.15, -0.1) is 11.6 Å². The number of aromatic nitrogens is 4. The van der Waals surface area contributed by atoms with Crippen molar-refractivity contribution in [2.45, 2.75) is 25.3 Å². The van der Waals surface area contributed by atoms with Crippen LogP contribution in [0.5, 0.6) is 0 Å². The Balaban J connectivity index is 0.000000490. The first-order chi connectivity index (χ1) is 12.8. The maximum absolute atomic E-state index is 5.35. The Morgan fingerprint density at radius 2 is 2.00 bits per heavy atom. The summed E-state index contributed by atoms with van der Waals surface area (Å²) in [5.74, 6) is 1.12. The summed E-state index contributed by atoms with van der Waals surface area (Å²) in [6.45, 7) is 1.70. The molecular weight excluding hydrogens is 432 g/mol. The fraction of sp³-hybridized carbons (Fsp3) is 0.500. The Morgan fingerprint density at radius 1 is 1.17 bits per heavy atom. The molecule has 4 rings (SSSR count). The van der Waals surface area contributed by atoms with Gasteiger partial charge < -0.3 is 46.2 Å². The quantitative estimate of drug-likeness (QED) is 0.499. The van der Waals surface area contributed by atoms with Crippen LogP contribution in [0.2, 0.25) is 0 Å².